The number of carbonyl (C=O) groups is 1. The molecule has 4 nitrogen and oxygen atoms in total. The van der Waals surface area contributed by atoms with Crippen molar-refractivity contribution < 1.29 is 9.18 Å². The van der Waals surface area contributed by atoms with Gasteiger partial charge in [-0.05, 0) is 18.6 Å². The number of carbonyl (C=O) groups excluding carboxylic acids is 1. The second kappa shape index (κ2) is 6.08. The van der Waals surface area contributed by atoms with Crippen LogP contribution in [0, 0.1) is 5.82 Å². The number of hydrogen-bond donors (Lipinski definition) is 2. The molecule has 5 heteroatoms. The average molecular weight is 239 g/mol. The summed E-state index contributed by atoms with van der Waals surface area (Å²) in [5.74, 6) is -0.932. The molecule has 17 heavy (non-hydrogen) atoms. The minimum atomic E-state index is -0.478. The fraction of sp³-hybridized carbons (Fsp3) is 0.417. The molecule has 0 fully saturated rings. The average Bonchev–Trinajstić information content (AvgIpc) is 2.28. The van der Waals surface area contributed by atoms with Gasteiger partial charge in [-0.25, -0.2) is 4.39 Å². The van der Waals surface area contributed by atoms with Gasteiger partial charge in [-0.15, -0.1) is 0 Å². The van der Waals surface area contributed by atoms with Crippen LogP contribution in [-0.4, -0.2) is 19.0 Å². The zero-order valence-electron chi connectivity index (χ0n) is 9.95. The largest absolute Gasteiger partial charge is 0.395 e. The van der Waals surface area contributed by atoms with Crippen molar-refractivity contribution in [3.63, 3.8) is 0 Å². The lowest BCUT2D eigenvalue weighted by atomic mass is 10.2. The number of benzene rings is 1. The molecular weight excluding hydrogens is 221 g/mol. The SMILES string of the molecule is CCCCN(CC(N)=O)c1cccc(F)c1N. The molecule has 1 aromatic rings. The maximum absolute atomic E-state index is 13.3. The highest BCUT2D eigenvalue weighted by molar-refractivity contribution is 5.81. The van der Waals surface area contributed by atoms with Gasteiger partial charge in [0.15, 0.2) is 0 Å². The third kappa shape index (κ3) is 3.62. The Morgan fingerprint density at radius 1 is 1.47 bits per heavy atom. The zero-order valence-corrected chi connectivity index (χ0v) is 9.95. The van der Waals surface area contributed by atoms with Crippen molar-refractivity contribution in [3.05, 3.63) is 24.0 Å². The molecule has 0 saturated heterocycles. The second-order valence-electron chi connectivity index (χ2n) is 3.91. The third-order valence-corrected chi connectivity index (χ3v) is 2.50. The number of nitrogen functional groups attached to an aromatic ring is 1. The van der Waals surface area contributed by atoms with Crippen LogP contribution in [-0.2, 0) is 4.79 Å². The van der Waals surface area contributed by atoms with E-state index < -0.39 is 11.7 Å². The predicted molar refractivity (Wildman–Crippen MR) is 67.1 cm³/mol. The van der Waals surface area contributed by atoms with Gasteiger partial charge in [0, 0.05) is 6.54 Å². The van der Waals surface area contributed by atoms with Gasteiger partial charge in [0.25, 0.3) is 0 Å². The van der Waals surface area contributed by atoms with Crippen molar-refractivity contribution in [2.45, 2.75) is 19.8 Å². The van der Waals surface area contributed by atoms with Crippen LogP contribution >= 0.6 is 0 Å². The van der Waals surface area contributed by atoms with Crippen LogP contribution in [0.15, 0.2) is 18.2 Å². The molecule has 0 bridgehead atoms. The van der Waals surface area contributed by atoms with E-state index in [1.807, 2.05) is 6.92 Å². The normalized spacial score (nSPS) is 10.2. The summed E-state index contributed by atoms with van der Waals surface area (Å²) in [7, 11) is 0. The smallest absolute Gasteiger partial charge is 0.236 e. The summed E-state index contributed by atoms with van der Waals surface area (Å²) in [4.78, 5) is 12.7. The minimum Gasteiger partial charge on any atom is -0.395 e. The first kappa shape index (κ1) is 13.3. The lowest BCUT2D eigenvalue weighted by Crippen LogP contribution is -2.35. The monoisotopic (exact) mass is 239 g/mol. The highest BCUT2D eigenvalue weighted by Crippen LogP contribution is 2.25. The number of halogens is 1. The zero-order chi connectivity index (χ0) is 12.8. The van der Waals surface area contributed by atoms with Gasteiger partial charge in [0.05, 0.1) is 17.9 Å². The topological polar surface area (TPSA) is 72.3 Å². The summed E-state index contributed by atoms with van der Waals surface area (Å²) in [6, 6.07) is 4.55. The van der Waals surface area contributed by atoms with Gasteiger partial charge >= 0.3 is 0 Å². The number of rotatable bonds is 6. The molecule has 0 aliphatic heterocycles. The molecule has 0 aromatic heterocycles. The van der Waals surface area contributed by atoms with Crippen molar-refractivity contribution in [1.82, 2.24) is 0 Å². The van der Waals surface area contributed by atoms with E-state index in [1.165, 1.54) is 6.07 Å². The Morgan fingerprint density at radius 3 is 2.76 bits per heavy atom. The number of anilines is 2. The van der Waals surface area contributed by atoms with Crippen molar-refractivity contribution in [2.75, 3.05) is 23.7 Å². The Labute approximate surface area is 100 Å². The Morgan fingerprint density at radius 2 is 2.18 bits per heavy atom. The van der Waals surface area contributed by atoms with Gasteiger partial charge in [0.1, 0.15) is 5.82 Å². The summed E-state index contributed by atoms with van der Waals surface area (Å²) < 4.78 is 13.3. The fourth-order valence-electron chi connectivity index (χ4n) is 1.62. The quantitative estimate of drug-likeness (QED) is 0.739. The number of unbranched alkanes of at least 4 members (excludes halogenated alkanes) is 1. The number of hydrogen-bond acceptors (Lipinski definition) is 3. The van der Waals surface area contributed by atoms with E-state index in [9.17, 15) is 9.18 Å². The molecule has 1 aromatic carbocycles. The first-order valence-electron chi connectivity index (χ1n) is 5.63. The van der Waals surface area contributed by atoms with E-state index in [2.05, 4.69) is 0 Å². The molecule has 0 aliphatic carbocycles. The Kier molecular flexibility index (Phi) is 4.75. The maximum Gasteiger partial charge on any atom is 0.236 e. The highest BCUT2D eigenvalue weighted by Gasteiger charge is 2.13. The predicted octanol–water partition coefficient (Wildman–Crippen LogP) is 1.50. The maximum atomic E-state index is 13.3. The van der Waals surface area contributed by atoms with Crippen LogP contribution in [0.5, 0.6) is 0 Å². The van der Waals surface area contributed by atoms with Crippen LogP contribution in [0.25, 0.3) is 0 Å². The Hall–Kier alpha value is -1.78. The molecule has 0 saturated carbocycles. The minimum absolute atomic E-state index is 0.0493. The van der Waals surface area contributed by atoms with Crippen LogP contribution in [0.4, 0.5) is 15.8 Å². The molecule has 0 heterocycles. The molecular formula is C12H18FN3O. The van der Waals surface area contributed by atoms with Crippen LogP contribution in [0.1, 0.15) is 19.8 Å². The lowest BCUT2D eigenvalue weighted by Gasteiger charge is -2.24. The van der Waals surface area contributed by atoms with Gasteiger partial charge in [0.2, 0.25) is 5.91 Å². The molecule has 1 rings (SSSR count). The van der Waals surface area contributed by atoms with Crippen LogP contribution < -0.4 is 16.4 Å². The Bertz CT molecular complexity index is 395. The van der Waals surface area contributed by atoms with Gasteiger partial charge in [-0.1, -0.05) is 19.4 Å². The van der Waals surface area contributed by atoms with E-state index in [0.29, 0.717) is 12.2 Å². The molecule has 0 spiro atoms. The summed E-state index contributed by atoms with van der Waals surface area (Å²) in [5.41, 5.74) is 11.4. The van der Waals surface area contributed by atoms with E-state index in [-0.39, 0.29) is 12.2 Å². The van der Waals surface area contributed by atoms with Gasteiger partial charge < -0.3 is 16.4 Å². The summed E-state index contributed by atoms with van der Waals surface area (Å²) in [5, 5.41) is 0. The third-order valence-electron chi connectivity index (χ3n) is 2.50. The van der Waals surface area contributed by atoms with Crippen molar-refractivity contribution in [3.8, 4) is 0 Å². The number of para-hydroxylation sites is 1. The van der Waals surface area contributed by atoms with Crippen molar-refractivity contribution >= 4 is 17.3 Å². The fourth-order valence-corrected chi connectivity index (χ4v) is 1.62. The number of amides is 1. The molecule has 0 radical (unpaired) electrons. The first-order chi connectivity index (χ1) is 8.06. The first-order valence-corrected chi connectivity index (χ1v) is 5.63. The molecule has 94 valence electrons. The van der Waals surface area contributed by atoms with Crippen LogP contribution in [0.3, 0.4) is 0 Å². The number of nitrogens with zero attached hydrogens (tertiary/aromatic N) is 1. The van der Waals surface area contributed by atoms with E-state index in [0.717, 1.165) is 12.8 Å². The lowest BCUT2D eigenvalue weighted by molar-refractivity contribution is -0.116. The second-order valence-corrected chi connectivity index (χ2v) is 3.91. The Balaban J connectivity index is 2.94. The number of nitrogens with two attached hydrogens (primary N) is 2. The molecule has 1 amide bonds. The van der Waals surface area contributed by atoms with E-state index in [4.69, 9.17) is 11.5 Å². The molecule has 0 aliphatic rings. The van der Waals surface area contributed by atoms with Crippen molar-refractivity contribution in [2.24, 2.45) is 5.73 Å². The molecule has 0 unspecified atom stereocenters. The highest BCUT2D eigenvalue weighted by atomic mass is 19.1. The standard InChI is InChI=1S/C12H18FN3O/c1-2-3-7-16(8-11(14)17)10-6-4-5-9(13)12(10)15/h4-6H,2-3,7-8,15H2,1H3,(H2,14,17). The molecule has 4 N–H and O–H groups in total. The van der Waals surface area contributed by atoms with Crippen LogP contribution in [0.2, 0.25) is 0 Å². The summed E-state index contributed by atoms with van der Waals surface area (Å²) >= 11 is 0. The summed E-state index contributed by atoms with van der Waals surface area (Å²) in [6.45, 7) is 2.72. The van der Waals surface area contributed by atoms with Crippen molar-refractivity contribution in [1.29, 1.82) is 0 Å². The summed E-state index contributed by atoms with van der Waals surface area (Å²) in [6.07, 6.45) is 1.87. The number of primary amides is 1. The van der Waals surface area contributed by atoms with Gasteiger partial charge in [-0.2, -0.15) is 0 Å². The molecule has 0 atom stereocenters. The van der Waals surface area contributed by atoms with E-state index in [1.54, 1.807) is 17.0 Å². The van der Waals surface area contributed by atoms with E-state index >= 15 is 0 Å². The van der Waals surface area contributed by atoms with Gasteiger partial charge in [-0.3, -0.25) is 4.79 Å².